The van der Waals surface area contributed by atoms with Crippen molar-refractivity contribution in [3.05, 3.63) is 0 Å². The maximum atomic E-state index is 13.4. The first kappa shape index (κ1) is 27.2. The number of ether oxygens (including phenoxy) is 1. The molecule has 0 spiro atoms. The second kappa shape index (κ2) is 10.7. The molecule has 3 aliphatic carbocycles. The van der Waals surface area contributed by atoms with Gasteiger partial charge >= 0.3 is 11.9 Å². The first-order chi connectivity index (χ1) is 15.9. The quantitative estimate of drug-likeness (QED) is 0.376. The van der Waals surface area contributed by atoms with Crippen LogP contribution in [-0.4, -0.2) is 28.9 Å². The molecule has 0 saturated heterocycles. The molecule has 0 unspecified atom stereocenters. The maximum Gasteiger partial charge on any atom is 0.303 e. The van der Waals surface area contributed by atoms with Crippen LogP contribution in [0.4, 0.5) is 0 Å². The number of ketones is 1. The lowest BCUT2D eigenvalue weighted by molar-refractivity contribution is -0.159. The zero-order valence-corrected chi connectivity index (χ0v) is 22.4. The molecule has 194 valence electrons. The van der Waals surface area contributed by atoms with E-state index in [-0.39, 0.29) is 47.9 Å². The van der Waals surface area contributed by atoms with Gasteiger partial charge < -0.3 is 9.84 Å². The normalized spacial score (nSPS) is 39.0. The molecule has 3 fully saturated rings. The molecule has 3 saturated carbocycles. The monoisotopic (exact) mass is 476 g/mol. The van der Waals surface area contributed by atoms with Gasteiger partial charge in [-0.3, -0.25) is 14.4 Å². The Bertz CT molecular complexity index is 760. The van der Waals surface area contributed by atoms with Gasteiger partial charge in [-0.15, -0.1) is 0 Å². The van der Waals surface area contributed by atoms with Crippen LogP contribution in [0.25, 0.3) is 0 Å². The van der Waals surface area contributed by atoms with Crippen LogP contribution in [0, 0.1) is 46.3 Å². The molecule has 0 aromatic rings. The number of rotatable bonds is 9. The van der Waals surface area contributed by atoms with Crippen LogP contribution < -0.4 is 0 Å². The van der Waals surface area contributed by atoms with Crippen molar-refractivity contribution in [2.45, 2.75) is 118 Å². The van der Waals surface area contributed by atoms with Crippen molar-refractivity contribution in [2.24, 2.45) is 46.3 Å². The lowest BCUT2D eigenvalue weighted by atomic mass is 9.49. The molecule has 0 bridgehead atoms. The van der Waals surface area contributed by atoms with E-state index >= 15 is 0 Å². The van der Waals surface area contributed by atoms with Gasteiger partial charge in [-0.25, -0.2) is 0 Å². The zero-order chi connectivity index (χ0) is 25.3. The Labute approximate surface area is 206 Å². The van der Waals surface area contributed by atoms with E-state index in [9.17, 15) is 19.5 Å². The fourth-order valence-corrected chi connectivity index (χ4v) is 8.46. The van der Waals surface area contributed by atoms with E-state index < -0.39 is 11.4 Å². The number of aliphatic carboxylic acids is 1. The van der Waals surface area contributed by atoms with E-state index in [0.717, 1.165) is 25.2 Å². The topological polar surface area (TPSA) is 80.7 Å². The molecule has 5 nitrogen and oxygen atoms in total. The van der Waals surface area contributed by atoms with Crippen LogP contribution in [0.1, 0.15) is 112 Å². The molecule has 0 radical (unpaired) electrons. The van der Waals surface area contributed by atoms with E-state index in [0.29, 0.717) is 30.6 Å². The molecule has 34 heavy (non-hydrogen) atoms. The Hall–Kier alpha value is -1.39. The number of carbonyl (C=O) groups excluding carboxylic acids is 2. The van der Waals surface area contributed by atoms with Gasteiger partial charge in [0.05, 0.1) is 0 Å². The minimum Gasteiger partial charge on any atom is -0.481 e. The van der Waals surface area contributed by atoms with Crippen LogP contribution >= 0.6 is 0 Å². The smallest absolute Gasteiger partial charge is 0.303 e. The van der Waals surface area contributed by atoms with E-state index in [4.69, 9.17) is 4.74 Å². The number of carboxylic acid groups (broad SMARTS) is 1. The number of fused-ring (bicyclic) bond motifs is 1. The average Bonchev–Trinajstić information content (AvgIpc) is 3.07. The van der Waals surface area contributed by atoms with E-state index in [1.165, 1.54) is 32.6 Å². The fourth-order valence-electron chi connectivity index (χ4n) is 8.46. The standard InChI is InChI=1S/C29H48O5/c1-18(2)8-7-9-19(3)23-10-11-24-22(17-27(32)33)25(13-15-28(23,24)5)29(6)14-12-21(16-26(29)31)34-20(4)30/h18-19,21-25H,7-17H2,1-6H3,(H,32,33)/t19-,21+,22-,23+,24+,25+,28-,29+/m1/s1. The second-order valence-electron chi connectivity index (χ2n) is 12.8. The number of carboxylic acids is 1. The van der Waals surface area contributed by atoms with Crippen molar-refractivity contribution < 1.29 is 24.2 Å². The number of hydrogen-bond donors (Lipinski definition) is 1. The minimum absolute atomic E-state index is 0.0448. The van der Waals surface area contributed by atoms with E-state index in [1.54, 1.807) is 0 Å². The lowest BCUT2D eigenvalue weighted by Crippen LogP contribution is -2.52. The molecule has 3 rings (SSSR count). The van der Waals surface area contributed by atoms with Crippen molar-refractivity contribution in [1.82, 2.24) is 0 Å². The van der Waals surface area contributed by atoms with Crippen molar-refractivity contribution in [1.29, 1.82) is 0 Å². The largest absolute Gasteiger partial charge is 0.481 e. The van der Waals surface area contributed by atoms with Gasteiger partial charge in [0.25, 0.3) is 0 Å². The van der Waals surface area contributed by atoms with Crippen LogP contribution in [0.15, 0.2) is 0 Å². The first-order valence-corrected chi connectivity index (χ1v) is 13.8. The third kappa shape index (κ3) is 5.54. The molecule has 0 aromatic carbocycles. The average molecular weight is 477 g/mol. The summed E-state index contributed by atoms with van der Waals surface area (Å²) in [5, 5.41) is 9.88. The number of carbonyl (C=O) groups is 3. The Morgan fingerprint density at radius 2 is 1.74 bits per heavy atom. The summed E-state index contributed by atoms with van der Waals surface area (Å²) in [4.78, 5) is 36.8. The summed E-state index contributed by atoms with van der Waals surface area (Å²) < 4.78 is 5.35. The Morgan fingerprint density at radius 1 is 1.03 bits per heavy atom. The number of esters is 1. The van der Waals surface area contributed by atoms with Crippen LogP contribution in [0.2, 0.25) is 0 Å². The highest BCUT2D eigenvalue weighted by atomic mass is 16.5. The Morgan fingerprint density at radius 3 is 2.32 bits per heavy atom. The predicted octanol–water partition coefficient (Wildman–Crippen LogP) is 6.67. The highest BCUT2D eigenvalue weighted by Gasteiger charge is 2.59. The van der Waals surface area contributed by atoms with Crippen molar-refractivity contribution in [2.75, 3.05) is 0 Å². The summed E-state index contributed by atoms with van der Waals surface area (Å²) >= 11 is 0. The summed E-state index contributed by atoms with van der Waals surface area (Å²) in [6.07, 6.45) is 9.57. The third-order valence-corrected chi connectivity index (χ3v) is 10.2. The Kier molecular flexibility index (Phi) is 8.56. The fraction of sp³-hybridized carbons (Fsp3) is 0.897. The van der Waals surface area contributed by atoms with Crippen LogP contribution in [-0.2, 0) is 19.1 Å². The highest BCUT2D eigenvalue weighted by Crippen LogP contribution is 2.65. The highest BCUT2D eigenvalue weighted by molar-refractivity contribution is 5.86. The van der Waals surface area contributed by atoms with Gasteiger partial charge in [0, 0.05) is 25.2 Å². The van der Waals surface area contributed by atoms with Gasteiger partial charge in [-0.05, 0) is 79.4 Å². The molecule has 0 aromatic heterocycles. The SMILES string of the molecule is CC(=O)O[C@H]1CC[C@@](C)([C@H]2CC[C@@]3(C)[C@@H](CC[C@H]3[C@H](C)CCCC(C)C)[C@H]2CC(=O)O)C(=O)C1. The molecular weight excluding hydrogens is 428 g/mol. The second-order valence-corrected chi connectivity index (χ2v) is 12.8. The first-order valence-electron chi connectivity index (χ1n) is 13.8. The number of Topliss-reactive ketones (excluding diaryl/α,β-unsaturated/α-hetero) is 1. The summed E-state index contributed by atoms with van der Waals surface area (Å²) in [6.45, 7) is 12.9. The molecule has 0 heterocycles. The van der Waals surface area contributed by atoms with Crippen LogP contribution in [0.3, 0.4) is 0 Å². The van der Waals surface area contributed by atoms with Crippen molar-refractivity contribution in [3.8, 4) is 0 Å². The summed E-state index contributed by atoms with van der Waals surface area (Å²) in [7, 11) is 0. The zero-order valence-electron chi connectivity index (χ0n) is 22.4. The molecular formula is C29H48O5. The molecule has 0 aliphatic heterocycles. The maximum absolute atomic E-state index is 13.4. The third-order valence-electron chi connectivity index (χ3n) is 10.2. The van der Waals surface area contributed by atoms with Crippen LogP contribution in [0.5, 0.6) is 0 Å². The summed E-state index contributed by atoms with van der Waals surface area (Å²) in [5.41, 5.74) is -0.346. The summed E-state index contributed by atoms with van der Waals surface area (Å²) in [6, 6.07) is 0. The van der Waals surface area contributed by atoms with Crippen molar-refractivity contribution >= 4 is 17.7 Å². The van der Waals surface area contributed by atoms with Gasteiger partial charge in [0.15, 0.2) is 0 Å². The minimum atomic E-state index is -0.739. The molecule has 8 atom stereocenters. The Balaban J connectivity index is 1.78. The molecule has 1 N–H and O–H groups in total. The van der Waals surface area contributed by atoms with E-state index in [1.807, 2.05) is 0 Å². The van der Waals surface area contributed by atoms with E-state index in [2.05, 4.69) is 34.6 Å². The lowest BCUT2D eigenvalue weighted by Gasteiger charge is -2.55. The molecule has 5 heteroatoms. The van der Waals surface area contributed by atoms with Gasteiger partial charge in [-0.1, -0.05) is 53.9 Å². The summed E-state index contributed by atoms with van der Waals surface area (Å²) in [5.74, 6) is 1.64. The molecule has 0 amide bonds. The number of hydrogen-bond acceptors (Lipinski definition) is 4. The van der Waals surface area contributed by atoms with Crippen molar-refractivity contribution in [3.63, 3.8) is 0 Å². The predicted molar refractivity (Wildman–Crippen MR) is 133 cm³/mol. The van der Waals surface area contributed by atoms with Gasteiger partial charge in [-0.2, -0.15) is 0 Å². The van der Waals surface area contributed by atoms with Gasteiger partial charge in [0.2, 0.25) is 0 Å². The van der Waals surface area contributed by atoms with Gasteiger partial charge in [0.1, 0.15) is 11.9 Å². The molecule has 3 aliphatic rings.